The Kier molecular flexibility index (Phi) is 5.27. The maximum Gasteiger partial charge on any atom is 0.312 e. The first-order valence-corrected chi connectivity index (χ1v) is 10.3. The summed E-state index contributed by atoms with van der Waals surface area (Å²) in [6, 6.07) is 8.19. The number of carbonyl (C=O) groups excluding carboxylic acids is 1. The zero-order valence-corrected chi connectivity index (χ0v) is 15.3. The van der Waals surface area contributed by atoms with E-state index in [0.717, 1.165) is 12.8 Å². The van der Waals surface area contributed by atoms with Gasteiger partial charge in [0.05, 0.1) is 24.9 Å². The van der Waals surface area contributed by atoms with Gasteiger partial charge in [0.15, 0.2) is 0 Å². The maximum absolute atomic E-state index is 12.3. The summed E-state index contributed by atoms with van der Waals surface area (Å²) in [5.41, 5.74) is 1.24. The third-order valence-corrected chi connectivity index (χ3v) is 5.15. The lowest BCUT2D eigenvalue weighted by Gasteiger charge is -2.37. The second-order valence-electron chi connectivity index (χ2n) is 6.48. The minimum Gasteiger partial charge on any atom is -0.466 e. The fourth-order valence-electron chi connectivity index (χ4n) is 3.43. The molecule has 0 spiro atoms. The summed E-state index contributed by atoms with van der Waals surface area (Å²) in [7, 11) is -3.62. The summed E-state index contributed by atoms with van der Waals surface area (Å²) in [5.74, 6) is -0.997. The van der Waals surface area contributed by atoms with Gasteiger partial charge in [0.2, 0.25) is 0 Å². The lowest BCUT2D eigenvalue weighted by Crippen LogP contribution is -2.50. The van der Waals surface area contributed by atoms with Gasteiger partial charge in [0.1, 0.15) is 0 Å². The van der Waals surface area contributed by atoms with E-state index >= 15 is 0 Å². The van der Waals surface area contributed by atoms with Crippen molar-refractivity contribution < 1.29 is 22.1 Å². The van der Waals surface area contributed by atoms with Crippen molar-refractivity contribution in [2.24, 2.45) is 5.92 Å². The van der Waals surface area contributed by atoms with Crippen LogP contribution in [0.1, 0.15) is 13.3 Å². The summed E-state index contributed by atoms with van der Waals surface area (Å²) >= 11 is 0. The molecule has 1 heterocycles. The van der Waals surface area contributed by atoms with Crippen molar-refractivity contribution in [3.63, 3.8) is 0 Å². The Labute approximate surface area is 147 Å². The van der Waals surface area contributed by atoms with Gasteiger partial charge in [-0.25, -0.2) is 0 Å². The molecule has 1 aliphatic heterocycles. The van der Waals surface area contributed by atoms with Crippen molar-refractivity contribution in [2.45, 2.75) is 19.4 Å². The van der Waals surface area contributed by atoms with Gasteiger partial charge in [-0.2, -0.15) is 8.42 Å². The fourth-order valence-corrected chi connectivity index (χ4v) is 4.11. The van der Waals surface area contributed by atoms with Gasteiger partial charge in [-0.05, 0) is 35.4 Å². The number of esters is 1. The second kappa shape index (κ2) is 7.27. The molecular weight excluding hydrogens is 342 g/mol. The van der Waals surface area contributed by atoms with Crippen LogP contribution in [0.5, 0.6) is 0 Å². The molecule has 1 fully saturated rings. The van der Waals surface area contributed by atoms with Crippen LogP contribution in [0.15, 0.2) is 24.3 Å². The van der Waals surface area contributed by atoms with Gasteiger partial charge < -0.3 is 4.74 Å². The average Bonchev–Trinajstić information content (AvgIpc) is 2.52. The molecule has 136 valence electrons. The molecule has 2 atom stereocenters. The normalized spacial score (nSPS) is 23.4. The Morgan fingerprint density at radius 3 is 2.76 bits per heavy atom. The van der Waals surface area contributed by atoms with Crippen LogP contribution in [0.3, 0.4) is 0 Å². The van der Waals surface area contributed by atoms with E-state index in [9.17, 15) is 13.2 Å². The molecule has 3 rings (SSSR count). The number of nitrogens with zero attached hydrogens (tertiary/aromatic N) is 1. The monoisotopic (exact) mass is 365 g/mol. The molecule has 0 bridgehead atoms. The number of ether oxygens (including phenoxy) is 1. The van der Waals surface area contributed by atoms with Crippen LogP contribution in [-0.4, -0.2) is 57.9 Å². The number of carbonyl (C=O) groups is 1. The van der Waals surface area contributed by atoms with E-state index in [-0.39, 0.29) is 6.61 Å². The number of benzene rings is 1. The molecule has 25 heavy (non-hydrogen) atoms. The van der Waals surface area contributed by atoms with Crippen molar-refractivity contribution in [1.82, 2.24) is 4.90 Å². The molecule has 0 saturated carbocycles. The molecular formula is C18H23NO5S. The quantitative estimate of drug-likeness (QED) is 0.516. The molecule has 1 aliphatic carbocycles. The third-order valence-electron chi connectivity index (χ3n) is 4.55. The predicted octanol–water partition coefficient (Wildman–Crippen LogP) is -0.139. The summed E-state index contributed by atoms with van der Waals surface area (Å²) in [6.07, 6.45) is 2.98. The highest BCUT2D eigenvalue weighted by molar-refractivity contribution is 7.86. The van der Waals surface area contributed by atoms with E-state index in [2.05, 4.69) is 23.1 Å². The zero-order chi connectivity index (χ0) is 18.0. The Bertz CT molecular complexity index is 877. The number of likely N-dealkylation sites (tertiary alicyclic amines) is 1. The van der Waals surface area contributed by atoms with E-state index in [0.29, 0.717) is 19.5 Å². The molecule has 0 unspecified atom stereocenters. The molecule has 2 aliphatic rings. The van der Waals surface area contributed by atoms with E-state index < -0.39 is 28.1 Å². The van der Waals surface area contributed by atoms with Crippen molar-refractivity contribution in [2.75, 3.05) is 32.5 Å². The minimum atomic E-state index is -3.62. The number of fused-ring (bicyclic) bond motifs is 1. The molecule has 0 radical (unpaired) electrons. The SMILES string of the molecule is CCOC(=O)[C@@H]1CN(CC2=c3ccccc3=C2)CC[C@H]1OS(C)(=O)=O. The molecule has 7 heteroatoms. The van der Waals surface area contributed by atoms with Crippen LogP contribution in [0.25, 0.3) is 11.6 Å². The van der Waals surface area contributed by atoms with E-state index in [1.54, 1.807) is 6.92 Å². The van der Waals surface area contributed by atoms with Crippen molar-refractivity contribution in [1.29, 1.82) is 0 Å². The van der Waals surface area contributed by atoms with Crippen molar-refractivity contribution in [3.05, 3.63) is 34.7 Å². The Balaban J connectivity index is 1.72. The minimum absolute atomic E-state index is 0.263. The molecule has 1 aromatic carbocycles. The average molecular weight is 365 g/mol. The molecule has 0 aromatic heterocycles. The Morgan fingerprint density at radius 2 is 2.08 bits per heavy atom. The van der Waals surface area contributed by atoms with Crippen molar-refractivity contribution in [3.8, 4) is 0 Å². The van der Waals surface area contributed by atoms with Crippen LogP contribution in [0.4, 0.5) is 0 Å². The lowest BCUT2D eigenvalue weighted by atomic mass is 9.93. The summed E-state index contributed by atoms with van der Waals surface area (Å²) in [5, 5.41) is 2.47. The van der Waals surface area contributed by atoms with E-state index in [1.165, 1.54) is 16.0 Å². The highest BCUT2D eigenvalue weighted by Crippen LogP contribution is 2.24. The van der Waals surface area contributed by atoms with Crippen LogP contribution >= 0.6 is 0 Å². The van der Waals surface area contributed by atoms with Crippen LogP contribution in [-0.2, 0) is 23.8 Å². The summed E-state index contributed by atoms with van der Waals surface area (Å²) < 4.78 is 33.2. The summed E-state index contributed by atoms with van der Waals surface area (Å²) in [6.45, 7) is 3.84. The first-order valence-electron chi connectivity index (χ1n) is 8.44. The first kappa shape index (κ1) is 18.1. The maximum atomic E-state index is 12.3. The first-order chi connectivity index (χ1) is 11.9. The Morgan fingerprint density at radius 1 is 1.32 bits per heavy atom. The standard InChI is InChI=1S/C18H23NO5S/c1-3-23-18(20)16-12-19(9-8-17(16)24-25(2,21)22)11-14-10-13-6-4-5-7-15(13)14/h4-7,10,16-17H,3,8-9,11-12H2,1-2H3/t16-,17-/m1/s1. The van der Waals surface area contributed by atoms with E-state index in [1.807, 2.05) is 12.1 Å². The van der Waals surface area contributed by atoms with Gasteiger partial charge in [0, 0.05) is 19.6 Å². The molecule has 1 aromatic rings. The number of piperidine rings is 1. The molecule has 0 N–H and O–H groups in total. The fraction of sp³-hybridized carbons (Fsp3) is 0.500. The van der Waals surface area contributed by atoms with Crippen LogP contribution in [0, 0.1) is 5.92 Å². The largest absolute Gasteiger partial charge is 0.466 e. The number of hydrogen-bond donors (Lipinski definition) is 0. The van der Waals surface area contributed by atoms with Gasteiger partial charge in [-0.3, -0.25) is 13.9 Å². The zero-order valence-electron chi connectivity index (χ0n) is 14.5. The van der Waals surface area contributed by atoms with E-state index in [4.69, 9.17) is 8.92 Å². The molecule has 1 saturated heterocycles. The third kappa shape index (κ3) is 4.29. The smallest absolute Gasteiger partial charge is 0.312 e. The second-order valence-corrected chi connectivity index (χ2v) is 8.08. The highest BCUT2D eigenvalue weighted by atomic mass is 32.2. The predicted molar refractivity (Wildman–Crippen MR) is 94.5 cm³/mol. The number of hydrogen-bond acceptors (Lipinski definition) is 6. The van der Waals surface area contributed by atoms with Crippen LogP contribution < -0.4 is 10.4 Å². The van der Waals surface area contributed by atoms with Crippen LogP contribution in [0.2, 0.25) is 0 Å². The Hall–Kier alpha value is -1.70. The highest BCUT2D eigenvalue weighted by Gasteiger charge is 2.38. The molecule has 0 amide bonds. The number of rotatable bonds is 6. The topological polar surface area (TPSA) is 72.9 Å². The van der Waals surface area contributed by atoms with Crippen molar-refractivity contribution >= 4 is 27.7 Å². The molecule has 6 nitrogen and oxygen atoms in total. The van der Waals surface area contributed by atoms with Gasteiger partial charge >= 0.3 is 5.97 Å². The van der Waals surface area contributed by atoms with Gasteiger partial charge in [-0.15, -0.1) is 0 Å². The summed E-state index contributed by atoms with van der Waals surface area (Å²) in [4.78, 5) is 14.4. The lowest BCUT2D eigenvalue weighted by molar-refractivity contribution is -0.154. The van der Waals surface area contributed by atoms with Gasteiger partial charge in [-0.1, -0.05) is 24.3 Å². The van der Waals surface area contributed by atoms with Gasteiger partial charge in [0.25, 0.3) is 10.1 Å².